The van der Waals surface area contributed by atoms with E-state index >= 15 is 0 Å². The van der Waals surface area contributed by atoms with Crippen LogP contribution in [0.4, 0.5) is 4.39 Å². The average Bonchev–Trinajstić information content (AvgIpc) is 3.34. The maximum absolute atomic E-state index is 13.6. The van der Waals surface area contributed by atoms with Gasteiger partial charge < -0.3 is 14.0 Å². The standard InChI is InChI=1S/C27H28FN5O2/c1-20(12-14-32-15-17-34-18-16-32)33-19-30-25(21-7-9-22(28)10-8-21)26(33)24-11-13-29-27(31-24)35-23-5-3-2-4-6-23/h2-11,13,19-20H,12,14-18H2,1H3. The molecule has 1 fully saturated rings. The molecular formula is C27H28FN5O2. The fraction of sp³-hybridized carbons (Fsp3) is 0.296. The minimum Gasteiger partial charge on any atom is -0.424 e. The predicted molar refractivity (Wildman–Crippen MR) is 132 cm³/mol. The molecule has 4 aromatic rings. The van der Waals surface area contributed by atoms with E-state index in [1.807, 2.05) is 42.7 Å². The summed E-state index contributed by atoms with van der Waals surface area (Å²) in [7, 11) is 0. The number of morpholine rings is 1. The molecule has 2 aromatic carbocycles. The van der Waals surface area contributed by atoms with Gasteiger partial charge in [-0.3, -0.25) is 4.90 Å². The Morgan fingerprint density at radius 2 is 1.77 bits per heavy atom. The second-order valence-electron chi connectivity index (χ2n) is 8.59. The van der Waals surface area contributed by atoms with E-state index in [9.17, 15) is 4.39 Å². The first-order chi connectivity index (χ1) is 17.2. The van der Waals surface area contributed by atoms with Crippen molar-refractivity contribution >= 4 is 0 Å². The van der Waals surface area contributed by atoms with Crippen LogP contribution in [-0.2, 0) is 4.74 Å². The van der Waals surface area contributed by atoms with Crippen LogP contribution < -0.4 is 4.74 Å². The second-order valence-corrected chi connectivity index (χ2v) is 8.59. The minimum atomic E-state index is -0.283. The van der Waals surface area contributed by atoms with Crippen molar-refractivity contribution in [1.82, 2.24) is 24.4 Å². The molecular weight excluding hydrogens is 445 g/mol. The summed E-state index contributed by atoms with van der Waals surface area (Å²) in [6, 6.07) is 18.1. The van der Waals surface area contributed by atoms with E-state index in [0.717, 1.165) is 56.2 Å². The summed E-state index contributed by atoms with van der Waals surface area (Å²) < 4.78 is 27.1. The van der Waals surface area contributed by atoms with Crippen LogP contribution in [0.1, 0.15) is 19.4 Å². The lowest BCUT2D eigenvalue weighted by Gasteiger charge is -2.28. The van der Waals surface area contributed by atoms with Crippen LogP contribution in [0.5, 0.6) is 11.8 Å². The molecule has 180 valence electrons. The van der Waals surface area contributed by atoms with Crippen molar-refractivity contribution in [1.29, 1.82) is 0 Å². The third-order valence-corrected chi connectivity index (χ3v) is 6.18. The van der Waals surface area contributed by atoms with Gasteiger partial charge in [0.25, 0.3) is 0 Å². The number of halogens is 1. The summed E-state index contributed by atoms with van der Waals surface area (Å²) in [5.74, 6) is 0.380. The summed E-state index contributed by atoms with van der Waals surface area (Å²) in [5, 5.41) is 0. The molecule has 1 aliphatic rings. The highest BCUT2D eigenvalue weighted by Crippen LogP contribution is 2.34. The van der Waals surface area contributed by atoms with Crippen LogP contribution >= 0.6 is 0 Å². The summed E-state index contributed by atoms with van der Waals surface area (Å²) in [6.45, 7) is 6.63. The largest absolute Gasteiger partial charge is 0.424 e. The van der Waals surface area contributed by atoms with Crippen molar-refractivity contribution in [3.05, 3.63) is 79.0 Å². The monoisotopic (exact) mass is 473 g/mol. The lowest BCUT2D eigenvalue weighted by molar-refractivity contribution is 0.0359. The third kappa shape index (κ3) is 5.55. The Morgan fingerprint density at radius 3 is 2.54 bits per heavy atom. The van der Waals surface area contributed by atoms with Crippen LogP contribution in [0, 0.1) is 5.82 Å². The minimum absolute atomic E-state index is 0.169. The quantitative estimate of drug-likeness (QED) is 0.350. The van der Waals surface area contributed by atoms with E-state index in [2.05, 4.69) is 21.4 Å². The maximum atomic E-state index is 13.6. The van der Waals surface area contributed by atoms with Gasteiger partial charge in [-0.25, -0.2) is 14.4 Å². The molecule has 7 nitrogen and oxygen atoms in total. The van der Waals surface area contributed by atoms with Gasteiger partial charge in [-0.05, 0) is 55.8 Å². The Morgan fingerprint density at radius 1 is 1.00 bits per heavy atom. The Kier molecular flexibility index (Phi) is 7.11. The van der Waals surface area contributed by atoms with E-state index in [4.69, 9.17) is 19.4 Å². The van der Waals surface area contributed by atoms with Crippen LogP contribution in [0.15, 0.2) is 73.2 Å². The lowest BCUT2D eigenvalue weighted by atomic mass is 10.1. The Balaban J connectivity index is 1.48. The van der Waals surface area contributed by atoms with E-state index < -0.39 is 0 Å². The molecule has 0 saturated carbocycles. The van der Waals surface area contributed by atoms with Crippen molar-refractivity contribution in [3.63, 3.8) is 0 Å². The van der Waals surface area contributed by atoms with Gasteiger partial charge in [-0.1, -0.05) is 18.2 Å². The average molecular weight is 474 g/mol. The predicted octanol–water partition coefficient (Wildman–Crippen LogP) is 5.22. The number of nitrogens with zero attached hydrogens (tertiary/aromatic N) is 5. The number of hydrogen-bond donors (Lipinski definition) is 0. The first kappa shape index (κ1) is 23.1. The molecule has 0 N–H and O–H groups in total. The van der Waals surface area contributed by atoms with Crippen molar-refractivity contribution in [2.75, 3.05) is 32.8 Å². The molecule has 0 aliphatic carbocycles. The number of ether oxygens (including phenoxy) is 2. The molecule has 5 rings (SSSR count). The Bertz CT molecular complexity index is 1240. The third-order valence-electron chi connectivity index (χ3n) is 6.18. The fourth-order valence-corrected chi connectivity index (χ4v) is 4.22. The molecule has 0 radical (unpaired) electrons. The molecule has 0 spiro atoms. The zero-order valence-corrected chi connectivity index (χ0v) is 19.7. The first-order valence-electron chi connectivity index (χ1n) is 11.9. The number of aromatic nitrogens is 4. The van der Waals surface area contributed by atoms with Crippen molar-refractivity contribution in [2.24, 2.45) is 0 Å². The topological polar surface area (TPSA) is 65.3 Å². The summed E-state index contributed by atoms with van der Waals surface area (Å²) >= 11 is 0. The van der Waals surface area contributed by atoms with Crippen LogP contribution in [0.3, 0.4) is 0 Å². The molecule has 1 saturated heterocycles. The molecule has 0 bridgehead atoms. The normalized spacial score (nSPS) is 15.1. The summed E-state index contributed by atoms with van der Waals surface area (Å²) in [5.41, 5.74) is 3.12. The second kappa shape index (κ2) is 10.8. The van der Waals surface area contributed by atoms with E-state index in [-0.39, 0.29) is 17.9 Å². The van der Waals surface area contributed by atoms with E-state index in [1.54, 1.807) is 18.3 Å². The highest BCUT2D eigenvalue weighted by Gasteiger charge is 2.21. The molecule has 8 heteroatoms. The fourth-order valence-electron chi connectivity index (χ4n) is 4.22. The number of hydrogen-bond acceptors (Lipinski definition) is 6. The van der Waals surface area contributed by atoms with Gasteiger partial charge in [0.05, 0.1) is 36.6 Å². The first-order valence-corrected chi connectivity index (χ1v) is 11.9. The van der Waals surface area contributed by atoms with Crippen LogP contribution in [0.2, 0.25) is 0 Å². The van der Waals surface area contributed by atoms with Crippen LogP contribution in [-0.4, -0.2) is 57.3 Å². The highest BCUT2D eigenvalue weighted by atomic mass is 19.1. The molecule has 2 aromatic heterocycles. The Labute approximate surface area is 204 Å². The van der Waals surface area contributed by atoms with Crippen molar-refractivity contribution in [3.8, 4) is 34.4 Å². The van der Waals surface area contributed by atoms with E-state index in [1.165, 1.54) is 12.1 Å². The summed E-state index contributed by atoms with van der Waals surface area (Å²) in [6.07, 6.45) is 4.48. The van der Waals surface area contributed by atoms with Gasteiger partial charge in [-0.15, -0.1) is 0 Å². The Hall–Kier alpha value is -3.62. The SMILES string of the molecule is CC(CCN1CCOCC1)n1cnc(-c2ccc(F)cc2)c1-c1ccnc(Oc2ccccc2)n1. The number of benzene rings is 2. The van der Waals surface area contributed by atoms with Crippen LogP contribution in [0.25, 0.3) is 22.6 Å². The molecule has 3 heterocycles. The van der Waals surface area contributed by atoms with E-state index in [0.29, 0.717) is 11.4 Å². The zero-order valence-electron chi connectivity index (χ0n) is 19.7. The highest BCUT2D eigenvalue weighted by molar-refractivity contribution is 5.77. The number of imidazole rings is 1. The van der Waals surface area contributed by atoms with Gasteiger partial charge >= 0.3 is 6.01 Å². The van der Waals surface area contributed by atoms with Gasteiger partial charge in [0.2, 0.25) is 0 Å². The molecule has 1 unspecified atom stereocenters. The smallest absolute Gasteiger partial charge is 0.322 e. The zero-order chi connectivity index (χ0) is 24.0. The number of para-hydroxylation sites is 1. The number of rotatable bonds is 8. The maximum Gasteiger partial charge on any atom is 0.322 e. The molecule has 0 amide bonds. The van der Waals surface area contributed by atoms with Crippen molar-refractivity contribution in [2.45, 2.75) is 19.4 Å². The molecule has 1 aliphatic heterocycles. The van der Waals surface area contributed by atoms with Crippen molar-refractivity contribution < 1.29 is 13.9 Å². The van der Waals surface area contributed by atoms with Gasteiger partial charge in [0, 0.05) is 37.4 Å². The molecule has 1 atom stereocenters. The van der Waals surface area contributed by atoms with Gasteiger partial charge in [0.1, 0.15) is 11.6 Å². The molecule has 35 heavy (non-hydrogen) atoms. The summed E-state index contributed by atoms with van der Waals surface area (Å²) in [4.78, 5) is 16.2. The van der Waals surface area contributed by atoms with Gasteiger partial charge in [0.15, 0.2) is 0 Å². The lowest BCUT2D eigenvalue weighted by Crippen LogP contribution is -2.37. The van der Waals surface area contributed by atoms with Gasteiger partial charge in [-0.2, -0.15) is 4.98 Å².